The molecule has 7 nitrogen and oxygen atoms in total. The van der Waals surface area contributed by atoms with Crippen LogP contribution in [-0.2, 0) is 16.1 Å². The van der Waals surface area contributed by atoms with Crippen LogP contribution in [0, 0.1) is 6.92 Å². The first kappa shape index (κ1) is 18.8. The van der Waals surface area contributed by atoms with Gasteiger partial charge in [-0.15, -0.1) is 0 Å². The number of aryl methyl sites for hydroxylation is 1. The van der Waals surface area contributed by atoms with Gasteiger partial charge >= 0.3 is 0 Å². The van der Waals surface area contributed by atoms with Gasteiger partial charge in [-0.1, -0.05) is 30.3 Å². The smallest absolute Gasteiger partial charge is 0.257 e. The highest BCUT2D eigenvalue weighted by Crippen LogP contribution is 2.47. The van der Waals surface area contributed by atoms with E-state index in [9.17, 15) is 9.59 Å². The lowest BCUT2D eigenvalue weighted by atomic mass is 9.89. The SMILES string of the molecule is Cc1cc2c(nc1N1CCC3(CC1)O[C@@H]1CC[C@@H](c4ccccc4)N1C3=O)CNC2=O. The molecule has 1 N–H and O–H groups in total. The number of nitrogens with one attached hydrogen (secondary N) is 1. The summed E-state index contributed by atoms with van der Waals surface area (Å²) in [6.07, 6.45) is 3.06. The summed E-state index contributed by atoms with van der Waals surface area (Å²) in [6.45, 7) is 3.92. The van der Waals surface area contributed by atoms with E-state index < -0.39 is 5.60 Å². The zero-order valence-electron chi connectivity index (χ0n) is 17.6. The maximum atomic E-state index is 13.6. The number of rotatable bonds is 2. The number of fused-ring (bicyclic) bond motifs is 2. The van der Waals surface area contributed by atoms with Gasteiger partial charge in [0.05, 0.1) is 23.8 Å². The van der Waals surface area contributed by atoms with E-state index in [0.29, 0.717) is 24.9 Å². The van der Waals surface area contributed by atoms with Crippen LogP contribution in [0.2, 0.25) is 0 Å². The molecule has 2 atom stereocenters. The Labute approximate surface area is 181 Å². The van der Waals surface area contributed by atoms with E-state index in [4.69, 9.17) is 9.72 Å². The maximum Gasteiger partial charge on any atom is 0.257 e. The predicted octanol–water partition coefficient (Wildman–Crippen LogP) is 2.69. The largest absolute Gasteiger partial charge is 0.356 e. The van der Waals surface area contributed by atoms with Crippen molar-refractivity contribution >= 4 is 17.6 Å². The Morgan fingerprint density at radius 2 is 1.90 bits per heavy atom. The molecule has 0 bridgehead atoms. The normalized spacial score (nSPS) is 26.4. The van der Waals surface area contributed by atoms with Gasteiger partial charge in [-0.05, 0) is 37.0 Å². The molecule has 2 aromatic rings. The molecule has 2 amide bonds. The Bertz CT molecular complexity index is 1060. The number of piperidine rings is 1. The van der Waals surface area contributed by atoms with Gasteiger partial charge in [0.2, 0.25) is 0 Å². The average Bonchev–Trinajstić information content (AvgIpc) is 3.44. The van der Waals surface area contributed by atoms with E-state index in [-0.39, 0.29) is 24.1 Å². The zero-order chi connectivity index (χ0) is 21.2. The fraction of sp³-hybridized carbons (Fsp3) is 0.458. The molecule has 3 fully saturated rings. The first-order chi connectivity index (χ1) is 15.1. The van der Waals surface area contributed by atoms with Crippen LogP contribution in [0.4, 0.5) is 5.82 Å². The summed E-state index contributed by atoms with van der Waals surface area (Å²) in [7, 11) is 0. The third-order valence-corrected chi connectivity index (χ3v) is 7.30. The van der Waals surface area contributed by atoms with Gasteiger partial charge in [-0.25, -0.2) is 4.98 Å². The van der Waals surface area contributed by atoms with Gasteiger partial charge in [-0.3, -0.25) is 9.59 Å². The molecule has 4 aliphatic heterocycles. The number of nitrogens with zero attached hydrogens (tertiary/aromatic N) is 3. The van der Waals surface area contributed by atoms with Gasteiger partial charge in [0, 0.05) is 25.9 Å². The summed E-state index contributed by atoms with van der Waals surface area (Å²) in [5, 5.41) is 2.84. The highest BCUT2D eigenvalue weighted by Gasteiger charge is 2.58. The van der Waals surface area contributed by atoms with Crippen LogP contribution < -0.4 is 10.2 Å². The number of anilines is 1. The van der Waals surface area contributed by atoms with Crippen LogP contribution >= 0.6 is 0 Å². The Kier molecular flexibility index (Phi) is 4.12. The topological polar surface area (TPSA) is 74.8 Å². The number of amides is 2. The number of pyridine rings is 1. The van der Waals surface area contributed by atoms with Crippen molar-refractivity contribution in [2.24, 2.45) is 0 Å². The fourth-order valence-corrected chi connectivity index (χ4v) is 5.68. The second-order valence-corrected chi connectivity index (χ2v) is 9.08. The van der Waals surface area contributed by atoms with Crippen molar-refractivity contribution in [3.05, 3.63) is 58.8 Å². The summed E-state index contributed by atoms with van der Waals surface area (Å²) in [6, 6.07) is 12.3. The van der Waals surface area contributed by atoms with Crippen LogP contribution in [0.25, 0.3) is 0 Å². The van der Waals surface area contributed by atoms with Crippen LogP contribution in [0.1, 0.15) is 58.9 Å². The standard InChI is InChI=1S/C24H26N4O3/c1-15-13-17-18(14-25-22(17)29)26-21(15)27-11-9-24(10-12-27)23(30)28-19(7-8-20(28)31-24)16-5-3-2-4-6-16/h2-6,13,19-20H,7-12,14H2,1H3,(H,25,29)/t19-,20+/m0/s1. The minimum atomic E-state index is -0.712. The molecule has 0 radical (unpaired) electrons. The molecule has 31 heavy (non-hydrogen) atoms. The third kappa shape index (κ3) is 2.79. The number of carbonyl (C=O) groups excluding carboxylic acids is 2. The van der Waals surface area contributed by atoms with Crippen LogP contribution in [0.5, 0.6) is 0 Å². The first-order valence-electron chi connectivity index (χ1n) is 11.1. The number of ether oxygens (including phenoxy) is 1. The molecule has 5 heterocycles. The van der Waals surface area contributed by atoms with Crippen LogP contribution in [-0.4, -0.2) is 46.6 Å². The second-order valence-electron chi connectivity index (χ2n) is 9.08. The Morgan fingerprint density at radius 1 is 1.13 bits per heavy atom. The molecular formula is C24H26N4O3. The highest BCUT2D eigenvalue weighted by molar-refractivity contribution is 5.98. The average molecular weight is 418 g/mol. The summed E-state index contributed by atoms with van der Waals surface area (Å²) >= 11 is 0. The van der Waals surface area contributed by atoms with E-state index in [1.54, 1.807) is 0 Å². The van der Waals surface area contributed by atoms with E-state index in [2.05, 4.69) is 22.3 Å². The summed E-state index contributed by atoms with van der Waals surface area (Å²) < 4.78 is 6.45. The Balaban J connectivity index is 1.21. The van der Waals surface area contributed by atoms with E-state index in [0.717, 1.165) is 43.0 Å². The van der Waals surface area contributed by atoms with Crippen molar-refractivity contribution < 1.29 is 14.3 Å². The van der Waals surface area contributed by atoms with Gasteiger partial charge in [0.15, 0.2) is 5.60 Å². The van der Waals surface area contributed by atoms with Gasteiger partial charge in [0.1, 0.15) is 12.0 Å². The van der Waals surface area contributed by atoms with Crippen molar-refractivity contribution in [1.29, 1.82) is 0 Å². The molecular weight excluding hydrogens is 392 g/mol. The first-order valence-corrected chi connectivity index (χ1v) is 11.1. The molecule has 7 heteroatoms. The maximum absolute atomic E-state index is 13.6. The monoisotopic (exact) mass is 418 g/mol. The molecule has 0 unspecified atom stereocenters. The molecule has 1 aromatic carbocycles. The number of hydrogen-bond donors (Lipinski definition) is 1. The van der Waals surface area contributed by atoms with Gasteiger partial charge in [-0.2, -0.15) is 0 Å². The van der Waals surface area contributed by atoms with Crippen molar-refractivity contribution in [2.75, 3.05) is 18.0 Å². The van der Waals surface area contributed by atoms with Gasteiger partial charge in [0.25, 0.3) is 11.8 Å². The zero-order valence-corrected chi connectivity index (χ0v) is 17.6. The van der Waals surface area contributed by atoms with Crippen LogP contribution in [0.3, 0.4) is 0 Å². The summed E-state index contributed by atoms with van der Waals surface area (Å²) in [5.41, 5.74) is 2.96. The summed E-state index contributed by atoms with van der Waals surface area (Å²) in [5.74, 6) is 1.02. The minimum absolute atomic E-state index is 0.0479. The van der Waals surface area contributed by atoms with E-state index in [1.165, 1.54) is 5.56 Å². The molecule has 0 aliphatic carbocycles. The fourth-order valence-electron chi connectivity index (χ4n) is 5.68. The van der Waals surface area contributed by atoms with Crippen molar-refractivity contribution in [2.45, 2.75) is 57.0 Å². The number of aromatic nitrogens is 1. The van der Waals surface area contributed by atoms with Gasteiger partial charge < -0.3 is 19.9 Å². The lowest BCUT2D eigenvalue weighted by Gasteiger charge is -2.38. The molecule has 6 rings (SSSR count). The minimum Gasteiger partial charge on any atom is -0.356 e. The quantitative estimate of drug-likeness (QED) is 0.812. The van der Waals surface area contributed by atoms with E-state index >= 15 is 0 Å². The Morgan fingerprint density at radius 3 is 2.68 bits per heavy atom. The van der Waals surface area contributed by atoms with E-state index in [1.807, 2.05) is 36.1 Å². The molecule has 160 valence electrons. The molecule has 4 aliphatic rings. The lowest BCUT2D eigenvalue weighted by molar-refractivity contribution is -0.140. The summed E-state index contributed by atoms with van der Waals surface area (Å²) in [4.78, 5) is 34.5. The second kappa shape index (κ2) is 6.79. The number of carbonyl (C=O) groups is 2. The predicted molar refractivity (Wildman–Crippen MR) is 114 cm³/mol. The van der Waals surface area contributed by atoms with Crippen molar-refractivity contribution in [3.8, 4) is 0 Å². The number of benzene rings is 1. The number of hydrogen-bond acceptors (Lipinski definition) is 5. The van der Waals surface area contributed by atoms with Crippen molar-refractivity contribution in [1.82, 2.24) is 15.2 Å². The third-order valence-electron chi connectivity index (χ3n) is 7.30. The molecule has 3 saturated heterocycles. The molecule has 1 spiro atoms. The van der Waals surface area contributed by atoms with Crippen LogP contribution in [0.15, 0.2) is 36.4 Å². The lowest BCUT2D eigenvalue weighted by Crippen LogP contribution is -2.50. The highest BCUT2D eigenvalue weighted by atomic mass is 16.6. The molecule has 1 aromatic heterocycles. The Hall–Kier alpha value is -2.93. The van der Waals surface area contributed by atoms with Crippen molar-refractivity contribution in [3.63, 3.8) is 0 Å². The molecule has 0 saturated carbocycles.